The normalized spacial score (nSPS) is 28.3. The molecule has 1 saturated heterocycles. The minimum absolute atomic E-state index is 0.469. The molecule has 0 saturated carbocycles. The van der Waals surface area contributed by atoms with Gasteiger partial charge in [-0.2, -0.15) is 48.3 Å². The van der Waals surface area contributed by atoms with E-state index in [1.165, 1.54) is 20.8 Å². The summed E-state index contributed by atoms with van der Waals surface area (Å²) in [6.45, 7) is 1.23. The molecule has 0 radical (unpaired) electrons. The van der Waals surface area contributed by atoms with E-state index in [1.54, 1.807) is 0 Å². The average molecular weight is 498 g/mol. The first-order chi connectivity index (χ1) is 14.0. The van der Waals surface area contributed by atoms with Crippen molar-refractivity contribution in [1.82, 2.24) is 0 Å². The lowest BCUT2D eigenvalue weighted by molar-refractivity contribution is -0.539. The van der Waals surface area contributed by atoms with Crippen LogP contribution in [0.3, 0.4) is 0 Å². The van der Waals surface area contributed by atoms with Gasteiger partial charge in [0.05, 0.1) is 6.61 Å². The van der Waals surface area contributed by atoms with Crippen molar-refractivity contribution in [2.24, 2.45) is 5.41 Å². The number of alkyl halides is 10. The molecule has 1 rings (SSSR count). The first-order valence-corrected chi connectivity index (χ1v) is 8.31. The summed E-state index contributed by atoms with van der Waals surface area (Å²) >= 11 is 0. The van der Waals surface area contributed by atoms with Gasteiger partial charge in [-0.3, -0.25) is 0 Å². The Morgan fingerprint density at radius 3 is 1.88 bits per heavy atom. The zero-order valence-corrected chi connectivity index (χ0v) is 16.5. The second kappa shape index (κ2) is 8.27. The Morgan fingerprint density at radius 1 is 1.00 bits per heavy atom. The van der Waals surface area contributed by atoms with Crippen LogP contribution < -0.4 is 0 Å². The molecule has 2 atom stereocenters. The minimum atomic E-state index is -7.10. The molecule has 0 N–H and O–H groups in total. The quantitative estimate of drug-likeness (QED) is 0.171. The van der Waals surface area contributed by atoms with Crippen molar-refractivity contribution in [2.75, 3.05) is 20.0 Å². The molecular formula is C16H17F11O5. The fourth-order valence-corrected chi connectivity index (χ4v) is 2.57. The van der Waals surface area contributed by atoms with E-state index < -0.39 is 72.8 Å². The SMILES string of the molecule is C=C(F)C(=O)OC1(C(F)(F)F)C(F)(F)COC(OCOCC(C)(C)C)(C(F)(F)F)C1(F)F. The van der Waals surface area contributed by atoms with E-state index in [9.17, 15) is 53.1 Å². The Bertz CT molecular complexity index is 725. The third kappa shape index (κ3) is 4.53. The minimum Gasteiger partial charge on any atom is -0.431 e. The van der Waals surface area contributed by atoms with Crippen molar-refractivity contribution < 1.29 is 72.0 Å². The summed E-state index contributed by atoms with van der Waals surface area (Å²) in [7, 11) is 0. The molecule has 32 heavy (non-hydrogen) atoms. The van der Waals surface area contributed by atoms with Gasteiger partial charge < -0.3 is 18.9 Å². The summed E-state index contributed by atoms with van der Waals surface area (Å²) in [5, 5.41) is 0. The van der Waals surface area contributed by atoms with Crippen molar-refractivity contribution in [2.45, 2.75) is 56.4 Å². The monoisotopic (exact) mass is 498 g/mol. The maximum atomic E-state index is 15.0. The van der Waals surface area contributed by atoms with Crippen molar-refractivity contribution in [1.29, 1.82) is 0 Å². The largest absolute Gasteiger partial charge is 0.450 e. The van der Waals surface area contributed by atoms with Gasteiger partial charge in [-0.15, -0.1) is 0 Å². The van der Waals surface area contributed by atoms with Crippen LogP contribution in [0.5, 0.6) is 0 Å². The summed E-state index contributed by atoms with van der Waals surface area (Å²) in [5.41, 5.74) is -7.35. The third-order valence-electron chi connectivity index (χ3n) is 3.95. The van der Waals surface area contributed by atoms with Gasteiger partial charge in [0.15, 0.2) is 6.79 Å². The average Bonchev–Trinajstić information content (AvgIpc) is 2.53. The van der Waals surface area contributed by atoms with Crippen LogP contribution in [0.25, 0.3) is 0 Å². The molecule has 0 aliphatic carbocycles. The Labute approximate surface area is 173 Å². The Kier molecular flexibility index (Phi) is 7.33. The van der Waals surface area contributed by atoms with E-state index in [2.05, 4.69) is 25.5 Å². The highest BCUT2D eigenvalue weighted by atomic mass is 19.4. The first kappa shape index (κ1) is 28.4. The predicted octanol–water partition coefficient (Wildman–Crippen LogP) is 4.91. The zero-order valence-electron chi connectivity index (χ0n) is 16.5. The van der Waals surface area contributed by atoms with E-state index in [1.807, 2.05) is 0 Å². The van der Waals surface area contributed by atoms with E-state index in [0.29, 0.717) is 0 Å². The van der Waals surface area contributed by atoms with Gasteiger partial charge in [0.1, 0.15) is 6.61 Å². The molecule has 0 aromatic carbocycles. The Hall–Kier alpha value is -1.68. The standard InChI is InChI=1S/C16H17F11O5/c1-8(17)9(28)32-12(15(22,23)24)11(18,19)6-30-14(13(12,20)21,16(25,26)27)31-7-29-5-10(2,3)4/h1,5-7H2,2-4H3. The molecule has 16 heteroatoms. The lowest BCUT2D eigenvalue weighted by atomic mass is 9.79. The van der Waals surface area contributed by atoms with Crippen LogP contribution in [0.15, 0.2) is 12.4 Å². The predicted molar refractivity (Wildman–Crippen MR) is 81.1 cm³/mol. The molecule has 1 aliphatic rings. The summed E-state index contributed by atoms with van der Waals surface area (Å²) in [6, 6.07) is 0. The van der Waals surface area contributed by atoms with Crippen LogP contribution in [-0.2, 0) is 23.7 Å². The first-order valence-electron chi connectivity index (χ1n) is 8.31. The van der Waals surface area contributed by atoms with Crippen molar-refractivity contribution >= 4 is 5.97 Å². The van der Waals surface area contributed by atoms with E-state index in [-0.39, 0.29) is 0 Å². The smallest absolute Gasteiger partial charge is 0.431 e. The van der Waals surface area contributed by atoms with Gasteiger partial charge in [0, 0.05) is 0 Å². The molecule has 1 fully saturated rings. The molecule has 0 aromatic heterocycles. The van der Waals surface area contributed by atoms with Crippen molar-refractivity contribution in [3.8, 4) is 0 Å². The fourth-order valence-electron chi connectivity index (χ4n) is 2.57. The molecule has 188 valence electrons. The lowest BCUT2D eigenvalue weighted by Crippen LogP contribution is -2.84. The fraction of sp³-hybridized carbons (Fsp3) is 0.812. The van der Waals surface area contributed by atoms with Crippen LogP contribution >= 0.6 is 0 Å². The number of esters is 1. The zero-order chi connectivity index (χ0) is 25.6. The second-order valence-corrected chi connectivity index (χ2v) is 7.83. The van der Waals surface area contributed by atoms with Gasteiger partial charge in [-0.05, 0) is 5.41 Å². The molecule has 2 unspecified atom stereocenters. The molecule has 0 aromatic rings. The lowest BCUT2D eigenvalue weighted by Gasteiger charge is -2.54. The van der Waals surface area contributed by atoms with Crippen LogP contribution in [0.4, 0.5) is 48.3 Å². The van der Waals surface area contributed by atoms with Gasteiger partial charge in [-0.1, -0.05) is 27.4 Å². The topological polar surface area (TPSA) is 54.0 Å². The van der Waals surface area contributed by atoms with Gasteiger partial charge in [0.2, 0.25) is 5.83 Å². The van der Waals surface area contributed by atoms with Crippen LogP contribution in [0.1, 0.15) is 20.8 Å². The highest BCUT2D eigenvalue weighted by Crippen LogP contribution is 2.64. The van der Waals surface area contributed by atoms with Gasteiger partial charge >= 0.3 is 41.6 Å². The Morgan fingerprint density at radius 2 is 1.50 bits per heavy atom. The Balaban J connectivity index is 3.71. The van der Waals surface area contributed by atoms with Crippen LogP contribution in [0.2, 0.25) is 0 Å². The van der Waals surface area contributed by atoms with E-state index in [0.717, 1.165) is 0 Å². The molecule has 1 aliphatic heterocycles. The number of rotatable bonds is 6. The number of hydrogen-bond acceptors (Lipinski definition) is 5. The summed E-state index contributed by atoms with van der Waals surface area (Å²) in [6.07, 6.45) is -13.7. The maximum Gasteiger partial charge on any atom is 0.450 e. The number of carbonyl (C=O) groups is 1. The molecule has 0 spiro atoms. The molecule has 1 heterocycles. The number of hydrogen-bond donors (Lipinski definition) is 0. The van der Waals surface area contributed by atoms with Crippen molar-refractivity contribution in [3.63, 3.8) is 0 Å². The molecule has 0 bridgehead atoms. The van der Waals surface area contributed by atoms with E-state index in [4.69, 9.17) is 0 Å². The van der Waals surface area contributed by atoms with Crippen molar-refractivity contribution in [3.05, 3.63) is 12.4 Å². The van der Waals surface area contributed by atoms with Crippen LogP contribution in [-0.4, -0.2) is 61.6 Å². The second-order valence-electron chi connectivity index (χ2n) is 7.83. The number of carbonyl (C=O) groups excluding carboxylic acids is 1. The summed E-state index contributed by atoms with van der Waals surface area (Å²) in [4.78, 5) is 11.2. The van der Waals surface area contributed by atoms with Gasteiger partial charge in [0.25, 0.3) is 0 Å². The number of halogens is 11. The third-order valence-corrected chi connectivity index (χ3v) is 3.95. The van der Waals surface area contributed by atoms with E-state index >= 15 is 0 Å². The highest BCUT2D eigenvalue weighted by molar-refractivity contribution is 5.85. The van der Waals surface area contributed by atoms with Crippen LogP contribution in [0, 0.1) is 5.41 Å². The summed E-state index contributed by atoms with van der Waals surface area (Å²) < 4.78 is 168. The highest BCUT2D eigenvalue weighted by Gasteiger charge is 2.96. The molecular weight excluding hydrogens is 481 g/mol. The molecule has 0 amide bonds. The maximum absolute atomic E-state index is 15.0. The molecule has 5 nitrogen and oxygen atoms in total. The van der Waals surface area contributed by atoms with Gasteiger partial charge in [-0.25, -0.2) is 4.79 Å². The number of ether oxygens (including phenoxy) is 4. The summed E-state index contributed by atoms with van der Waals surface area (Å²) in [5.74, 6) is -24.4.